The summed E-state index contributed by atoms with van der Waals surface area (Å²) < 4.78 is 4.77. The first-order chi connectivity index (χ1) is 13.0. The second-order valence-corrected chi connectivity index (χ2v) is 7.20. The molecule has 1 aliphatic heterocycles. The average Bonchev–Trinajstić information content (AvgIpc) is 3.36. The highest BCUT2D eigenvalue weighted by atomic mass is 16.5. The van der Waals surface area contributed by atoms with Crippen LogP contribution in [0, 0.1) is 23.7 Å². The molecular weight excluding hydrogens is 348 g/mol. The maximum absolute atomic E-state index is 12.7. The Bertz CT molecular complexity index is 804. The summed E-state index contributed by atoms with van der Waals surface area (Å²) in [5.74, 6) is -2.26. The fourth-order valence-corrected chi connectivity index (χ4v) is 4.51. The van der Waals surface area contributed by atoms with Gasteiger partial charge in [-0.2, -0.15) is 0 Å². The van der Waals surface area contributed by atoms with Crippen LogP contribution < -0.4 is 5.32 Å². The lowest BCUT2D eigenvalue weighted by atomic mass is 9.85. The van der Waals surface area contributed by atoms with E-state index in [1.165, 1.54) is 7.11 Å². The van der Waals surface area contributed by atoms with Crippen LogP contribution in [0.4, 0.5) is 0 Å². The van der Waals surface area contributed by atoms with Gasteiger partial charge in [0.1, 0.15) is 6.54 Å². The second-order valence-electron chi connectivity index (χ2n) is 7.20. The number of carbonyl (C=O) groups excluding carboxylic acids is 4. The molecule has 2 bridgehead atoms. The lowest BCUT2D eigenvalue weighted by Gasteiger charge is -2.20. The third-order valence-corrected chi connectivity index (χ3v) is 5.74. The molecule has 3 amide bonds. The molecule has 140 valence electrons. The van der Waals surface area contributed by atoms with Gasteiger partial charge >= 0.3 is 5.97 Å². The Morgan fingerprint density at radius 2 is 1.70 bits per heavy atom. The minimum atomic E-state index is -0.992. The second kappa shape index (κ2) is 6.64. The zero-order chi connectivity index (χ0) is 19.1. The molecule has 4 rings (SSSR count). The molecule has 7 heteroatoms. The van der Waals surface area contributed by atoms with Gasteiger partial charge < -0.3 is 10.1 Å². The van der Waals surface area contributed by atoms with Gasteiger partial charge in [0.25, 0.3) is 0 Å². The fourth-order valence-electron chi connectivity index (χ4n) is 4.51. The molecule has 0 aromatic heterocycles. The number of hydrogen-bond acceptors (Lipinski definition) is 5. The van der Waals surface area contributed by atoms with E-state index in [1.54, 1.807) is 30.3 Å². The van der Waals surface area contributed by atoms with Gasteiger partial charge in [-0.1, -0.05) is 42.5 Å². The zero-order valence-electron chi connectivity index (χ0n) is 14.8. The Labute approximate surface area is 156 Å². The normalized spacial score (nSPS) is 29.0. The molecule has 1 heterocycles. The molecular formula is C20H20N2O5. The highest BCUT2D eigenvalue weighted by Crippen LogP contribution is 2.52. The molecule has 7 nitrogen and oxygen atoms in total. The van der Waals surface area contributed by atoms with Crippen molar-refractivity contribution in [2.24, 2.45) is 23.7 Å². The molecule has 1 saturated carbocycles. The lowest BCUT2D eigenvalue weighted by Crippen LogP contribution is -2.44. The zero-order valence-corrected chi connectivity index (χ0v) is 14.8. The number of likely N-dealkylation sites (tertiary alicyclic amines) is 1. The summed E-state index contributed by atoms with van der Waals surface area (Å²) in [4.78, 5) is 51.0. The first-order valence-electron chi connectivity index (χ1n) is 8.97. The van der Waals surface area contributed by atoms with Crippen LogP contribution in [0.3, 0.4) is 0 Å². The number of nitrogens with zero attached hydrogens (tertiary/aromatic N) is 1. The van der Waals surface area contributed by atoms with E-state index in [1.807, 2.05) is 12.2 Å². The minimum Gasteiger partial charge on any atom is -0.467 e. The summed E-state index contributed by atoms with van der Waals surface area (Å²) in [7, 11) is 1.24. The van der Waals surface area contributed by atoms with E-state index in [4.69, 9.17) is 4.74 Å². The molecule has 2 fully saturated rings. The SMILES string of the molecule is COC(=O)[C@@H](NC(=O)CN1C(=O)C2C(C1=O)[C@H]1C=C[C@@H]2C1)c1ccccc1. The molecule has 2 unspecified atom stereocenters. The van der Waals surface area contributed by atoms with Crippen LogP contribution in [0.1, 0.15) is 18.0 Å². The van der Waals surface area contributed by atoms with Gasteiger partial charge in [-0.05, 0) is 23.8 Å². The van der Waals surface area contributed by atoms with Crippen molar-refractivity contribution < 1.29 is 23.9 Å². The van der Waals surface area contributed by atoms with Crippen molar-refractivity contribution in [3.8, 4) is 0 Å². The van der Waals surface area contributed by atoms with E-state index in [0.717, 1.165) is 11.3 Å². The largest absolute Gasteiger partial charge is 0.467 e. The molecule has 1 saturated heterocycles. The first kappa shape index (κ1) is 17.5. The van der Waals surface area contributed by atoms with Crippen LogP contribution in [0.15, 0.2) is 42.5 Å². The van der Waals surface area contributed by atoms with Crippen LogP contribution in [-0.4, -0.2) is 42.2 Å². The van der Waals surface area contributed by atoms with Crippen molar-refractivity contribution >= 4 is 23.7 Å². The first-order valence-corrected chi connectivity index (χ1v) is 8.97. The summed E-state index contributed by atoms with van der Waals surface area (Å²) in [6, 6.07) is 7.68. The standard InChI is InChI=1S/C20H20N2O5/c1-27-20(26)17(11-5-3-2-4-6-11)21-14(23)10-22-18(24)15-12-7-8-13(9-12)16(15)19(22)25/h2-8,12-13,15-17H,9-10H2,1H3,(H,21,23)/t12-,13+,15?,16?,17-/m0/s1. The lowest BCUT2D eigenvalue weighted by molar-refractivity contribution is -0.147. The quantitative estimate of drug-likeness (QED) is 0.472. The molecule has 2 aliphatic carbocycles. The van der Waals surface area contributed by atoms with E-state index in [9.17, 15) is 19.2 Å². The van der Waals surface area contributed by atoms with E-state index in [2.05, 4.69) is 5.32 Å². The van der Waals surface area contributed by atoms with Gasteiger partial charge in [0.2, 0.25) is 17.7 Å². The topological polar surface area (TPSA) is 92.8 Å². The van der Waals surface area contributed by atoms with Crippen molar-refractivity contribution in [2.45, 2.75) is 12.5 Å². The highest BCUT2D eigenvalue weighted by molar-refractivity contribution is 6.08. The number of allylic oxidation sites excluding steroid dienone is 2. The number of imide groups is 1. The van der Waals surface area contributed by atoms with Gasteiger partial charge in [-0.15, -0.1) is 0 Å². The number of rotatable bonds is 5. The number of fused-ring (bicyclic) bond motifs is 5. The Balaban J connectivity index is 1.47. The predicted octanol–water partition coefficient (Wildman–Crippen LogP) is 0.824. The van der Waals surface area contributed by atoms with Crippen LogP contribution in [-0.2, 0) is 23.9 Å². The molecule has 3 aliphatic rings. The molecule has 27 heavy (non-hydrogen) atoms. The maximum atomic E-state index is 12.7. The number of amides is 3. The summed E-state index contributed by atoms with van der Waals surface area (Å²) >= 11 is 0. The Kier molecular flexibility index (Phi) is 4.30. The van der Waals surface area contributed by atoms with Gasteiger partial charge in [-0.25, -0.2) is 4.79 Å². The summed E-state index contributed by atoms with van der Waals surface area (Å²) in [6.07, 6.45) is 4.85. The van der Waals surface area contributed by atoms with E-state index in [-0.39, 0.29) is 42.0 Å². The summed E-state index contributed by atoms with van der Waals surface area (Å²) in [5, 5.41) is 2.58. The molecule has 0 spiro atoms. The molecule has 1 aromatic carbocycles. The summed E-state index contributed by atoms with van der Waals surface area (Å²) in [6.45, 7) is -0.384. The minimum absolute atomic E-state index is 0.0941. The van der Waals surface area contributed by atoms with Crippen LogP contribution in [0.2, 0.25) is 0 Å². The highest BCUT2D eigenvalue weighted by Gasteiger charge is 2.59. The van der Waals surface area contributed by atoms with Crippen molar-refractivity contribution in [3.63, 3.8) is 0 Å². The number of hydrogen-bond donors (Lipinski definition) is 1. The predicted molar refractivity (Wildman–Crippen MR) is 93.8 cm³/mol. The monoisotopic (exact) mass is 368 g/mol. The maximum Gasteiger partial charge on any atom is 0.333 e. The fraction of sp³-hybridized carbons (Fsp3) is 0.400. The number of esters is 1. The van der Waals surface area contributed by atoms with Gasteiger partial charge in [0.15, 0.2) is 6.04 Å². The third-order valence-electron chi connectivity index (χ3n) is 5.74. The van der Waals surface area contributed by atoms with E-state index in [0.29, 0.717) is 5.56 Å². The van der Waals surface area contributed by atoms with Crippen molar-refractivity contribution in [3.05, 3.63) is 48.0 Å². The van der Waals surface area contributed by atoms with Crippen molar-refractivity contribution in [2.75, 3.05) is 13.7 Å². The van der Waals surface area contributed by atoms with Crippen LogP contribution in [0.5, 0.6) is 0 Å². The summed E-state index contributed by atoms with van der Waals surface area (Å²) in [5.41, 5.74) is 0.566. The van der Waals surface area contributed by atoms with Crippen molar-refractivity contribution in [1.29, 1.82) is 0 Å². The third kappa shape index (κ3) is 2.83. The van der Waals surface area contributed by atoms with Crippen LogP contribution >= 0.6 is 0 Å². The molecule has 0 radical (unpaired) electrons. The number of nitrogens with one attached hydrogen (secondary N) is 1. The molecule has 1 aromatic rings. The van der Waals surface area contributed by atoms with Crippen LogP contribution in [0.25, 0.3) is 0 Å². The number of methoxy groups -OCH3 is 1. The van der Waals surface area contributed by atoms with Gasteiger partial charge in [0.05, 0.1) is 18.9 Å². The molecule has 5 atom stereocenters. The molecule has 1 N–H and O–H groups in total. The number of carbonyl (C=O) groups is 4. The average molecular weight is 368 g/mol. The van der Waals surface area contributed by atoms with Gasteiger partial charge in [0, 0.05) is 0 Å². The number of benzene rings is 1. The number of ether oxygens (including phenoxy) is 1. The Morgan fingerprint density at radius 3 is 2.26 bits per heavy atom. The smallest absolute Gasteiger partial charge is 0.333 e. The van der Waals surface area contributed by atoms with Crippen molar-refractivity contribution in [1.82, 2.24) is 10.2 Å². The Morgan fingerprint density at radius 1 is 1.11 bits per heavy atom. The van der Waals surface area contributed by atoms with E-state index < -0.39 is 17.9 Å². The van der Waals surface area contributed by atoms with Gasteiger partial charge in [-0.3, -0.25) is 19.3 Å². The van der Waals surface area contributed by atoms with E-state index >= 15 is 0 Å². The Hall–Kier alpha value is -2.96.